The van der Waals surface area contributed by atoms with E-state index in [-0.39, 0.29) is 5.56 Å². The number of carboxylic acids is 1. The molecule has 0 saturated heterocycles. The van der Waals surface area contributed by atoms with Crippen LogP contribution in [0.2, 0.25) is 0 Å². The average molecular weight is 291 g/mol. The number of carboxylic acid groups (broad SMARTS) is 1. The maximum atomic E-state index is 12.2. The Morgan fingerprint density at radius 2 is 1.75 bits per heavy atom. The van der Waals surface area contributed by atoms with Gasteiger partial charge in [0.15, 0.2) is 0 Å². The van der Waals surface area contributed by atoms with Crippen LogP contribution in [0.15, 0.2) is 36.4 Å². The molecule has 2 aromatic carbocycles. The van der Waals surface area contributed by atoms with Crippen molar-refractivity contribution < 1.29 is 14.5 Å². The van der Waals surface area contributed by atoms with E-state index in [1.54, 1.807) is 12.1 Å². The van der Waals surface area contributed by atoms with Crippen LogP contribution in [0.4, 0.5) is 5.69 Å². The smallest absolute Gasteiger partial charge is 0.337 e. The first-order valence-corrected chi connectivity index (χ1v) is 7.38. The third-order valence-electron chi connectivity index (χ3n) is 2.88. The van der Waals surface area contributed by atoms with Crippen molar-refractivity contribution in [2.24, 2.45) is 0 Å². The Labute approximate surface area is 121 Å². The van der Waals surface area contributed by atoms with E-state index in [2.05, 4.69) is 4.72 Å². The minimum atomic E-state index is -1.37. The van der Waals surface area contributed by atoms with Crippen LogP contribution in [0.1, 0.15) is 31.1 Å². The number of aromatic carboxylic acids is 1. The summed E-state index contributed by atoms with van der Waals surface area (Å²) in [6.45, 7) is 5.49. The predicted octanol–water partition coefficient (Wildman–Crippen LogP) is 3.41. The Kier molecular flexibility index (Phi) is 3.92. The van der Waals surface area contributed by atoms with Gasteiger partial charge in [0.2, 0.25) is 0 Å². The molecule has 0 aliphatic heterocycles. The molecule has 2 rings (SSSR count). The second-order valence-electron chi connectivity index (χ2n) is 5.53. The molecule has 5 heteroatoms. The van der Waals surface area contributed by atoms with Gasteiger partial charge in [-0.1, -0.05) is 24.3 Å². The molecule has 20 heavy (non-hydrogen) atoms. The van der Waals surface area contributed by atoms with Crippen molar-refractivity contribution in [1.29, 1.82) is 0 Å². The number of rotatable bonds is 3. The normalized spacial score (nSPS) is 13.2. The first-order chi connectivity index (χ1) is 9.29. The van der Waals surface area contributed by atoms with Crippen LogP contribution in [0.5, 0.6) is 0 Å². The van der Waals surface area contributed by atoms with E-state index in [4.69, 9.17) is 0 Å². The minimum absolute atomic E-state index is 0.126. The highest BCUT2D eigenvalue weighted by atomic mass is 32.2. The zero-order chi connectivity index (χ0) is 14.9. The van der Waals surface area contributed by atoms with Gasteiger partial charge in [-0.2, -0.15) is 0 Å². The summed E-state index contributed by atoms with van der Waals surface area (Å²) in [7, 11) is 0. The van der Waals surface area contributed by atoms with Crippen LogP contribution in [-0.4, -0.2) is 20.4 Å². The molecule has 0 bridgehead atoms. The summed E-state index contributed by atoms with van der Waals surface area (Å²) in [6, 6.07) is 10.8. The van der Waals surface area contributed by atoms with Gasteiger partial charge in [-0.3, -0.25) is 0 Å². The van der Waals surface area contributed by atoms with Crippen molar-refractivity contribution in [3.8, 4) is 0 Å². The summed E-state index contributed by atoms with van der Waals surface area (Å²) >= 11 is -1.37. The molecule has 0 aromatic heterocycles. The molecule has 2 aromatic rings. The van der Waals surface area contributed by atoms with E-state index in [1.807, 2.05) is 45.0 Å². The van der Waals surface area contributed by atoms with Gasteiger partial charge in [0.25, 0.3) is 0 Å². The fraction of sp³-hybridized carbons (Fsp3) is 0.267. The van der Waals surface area contributed by atoms with Crippen LogP contribution in [0, 0.1) is 0 Å². The summed E-state index contributed by atoms with van der Waals surface area (Å²) in [5.41, 5.74) is 0.505. The van der Waals surface area contributed by atoms with Crippen LogP contribution in [0.3, 0.4) is 0 Å². The quantitative estimate of drug-likeness (QED) is 0.850. The topological polar surface area (TPSA) is 72.4 Å². The summed E-state index contributed by atoms with van der Waals surface area (Å²) in [4.78, 5) is 11.4. The van der Waals surface area contributed by atoms with E-state index in [1.165, 1.54) is 0 Å². The highest BCUT2D eigenvalue weighted by molar-refractivity contribution is 7.94. The molecule has 0 spiro atoms. The van der Waals surface area contributed by atoms with E-state index in [0.717, 1.165) is 10.8 Å². The van der Waals surface area contributed by atoms with E-state index in [9.17, 15) is 14.5 Å². The molecule has 0 aliphatic carbocycles. The monoisotopic (exact) mass is 291 g/mol. The number of benzene rings is 2. The summed E-state index contributed by atoms with van der Waals surface area (Å²) in [6.07, 6.45) is 0. The largest absolute Gasteiger partial charge is 0.593 e. The van der Waals surface area contributed by atoms with Gasteiger partial charge in [0.05, 0.1) is 22.6 Å². The fourth-order valence-electron chi connectivity index (χ4n) is 1.75. The van der Waals surface area contributed by atoms with Crippen molar-refractivity contribution in [2.75, 3.05) is 4.72 Å². The Morgan fingerprint density at radius 3 is 2.25 bits per heavy atom. The molecule has 4 nitrogen and oxygen atoms in total. The van der Waals surface area contributed by atoms with E-state index >= 15 is 0 Å². The number of carbonyl (C=O) groups is 1. The highest BCUT2D eigenvalue weighted by Gasteiger charge is 2.28. The van der Waals surface area contributed by atoms with Crippen LogP contribution >= 0.6 is 0 Å². The minimum Gasteiger partial charge on any atom is -0.593 e. The van der Waals surface area contributed by atoms with Gasteiger partial charge in [-0.25, -0.2) is 9.52 Å². The van der Waals surface area contributed by atoms with E-state index in [0.29, 0.717) is 5.69 Å². The lowest BCUT2D eigenvalue weighted by atomic mass is 10.1. The lowest BCUT2D eigenvalue weighted by Crippen LogP contribution is -2.34. The summed E-state index contributed by atoms with van der Waals surface area (Å²) in [5.74, 6) is -1.04. The number of anilines is 1. The number of hydrogen-bond acceptors (Lipinski definition) is 3. The van der Waals surface area contributed by atoms with Gasteiger partial charge in [0, 0.05) is 0 Å². The van der Waals surface area contributed by atoms with Crippen molar-refractivity contribution in [3.05, 3.63) is 42.0 Å². The van der Waals surface area contributed by atoms with Gasteiger partial charge in [-0.05, 0) is 43.7 Å². The van der Waals surface area contributed by atoms with Crippen LogP contribution in [-0.2, 0) is 11.4 Å². The van der Waals surface area contributed by atoms with Crippen molar-refractivity contribution in [3.63, 3.8) is 0 Å². The van der Waals surface area contributed by atoms with Gasteiger partial charge in [-0.15, -0.1) is 0 Å². The maximum Gasteiger partial charge on any atom is 0.337 e. The lowest BCUT2D eigenvalue weighted by Gasteiger charge is -2.24. The molecule has 0 radical (unpaired) electrons. The molecule has 0 amide bonds. The molecular weight excluding hydrogens is 274 g/mol. The lowest BCUT2D eigenvalue weighted by molar-refractivity contribution is 0.0698. The molecular formula is C15H17NO3S. The molecule has 0 aliphatic rings. The van der Waals surface area contributed by atoms with Gasteiger partial charge >= 0.3 is 5.97 Å². The molecule has 1 unspecified atom stereocenters. The van der Waals surface area contributed by atoms with Crippen molar-refractivity contribution >= 4 is 33.8 Å². The van der Waals surface area contributed by atoms with E-state index < -0.39 is 22.1 Å². The molecule has 106 valence electrons. The second-order valence-corrected chi connectivity index (χ2v) is 7.50. The zero-order valence-electron chi connectivity index (χ0n) is 11.6. The van der Waals surface area contributed by atoms with Crippen molar-refractivity contribution in [1.82, 2.24) is 0 Å². The Bertz CT molecular complexity index is 649. The average Bonchev–Trinajstić information content (AvgIpc) is 2.36. The van der Waals surface area contributed by atoms with Crippen LogP contribution in [0.25, 0.3) is 10.8 Å². The maximum absolute atomic E-state index is 12.2. The summed E-state index contributed by atoms with van der Waals surface area (Å²) < 4.78 is 14.5. The number of hydrogen-bond donors (Lipinski definition) is 2. The molecule has 1 atom stereocenters. The number of fused-ring (bicyclic) bond motifs is 1. The molecule has 0 heterocycles. The Balaban J connectivity index is 2.50. The van der Waals surface area contributed by atoms with Gasteiger partial charge in [0.1, 0.15) is 4.75 Å². The fourth-order valence-corrected chi connectivity index (χ4v) is 2.43. The first-order valence-electron chi connectivity index (χ1n) is 6.23. The molecule has 0 fully saturated rings. The Hall–Kier alpha value is -1.72. The predicted molar refractivity (Wildman–Crippen MR) is 82.4 cm³/mol. The molecule has 2 N–H and O–H groups in total. The third-order valence-corrected chi connectivity index (χ3v) is 4.39. The number of nitrogens with one attached hydrogen (secondary N) is 1. The van der Waals surface area contributed by atoms with Crippen LogP contribution < -0.4 is 4.72 Å². The molecule has 0 saturated carbocycles. The highest BCUT2D eigenvalue weighted by Crippen LogP contribution is 2.27. The van der Waals surface area contributed by atoms with Gasteiger partial charge < -0.3 is 9.66 Å². The van der Waals surface area contributed by atoms with Crippen molar-refractivity contribution in [2.45, 2.75) is 25.5 Å². The third kappa shape index (κ3) is 3.05. The second kappa shape index (κ2) is 5.34. The summed E-state index contributed by atoms with van der Waals surface area (Å²) in [5, 5.41) is 11.1. The SMILES string of the molecule is CC(C)(C)[S+]([O-])Nc1cc2ccccc2cc1C(=O)O. The first kappa shape index (κ1) is 14.7. The standard InChI is InChI=1S/C15H17NO3S/c1-15(2,3)20(19)16-13-9-11-7-5-4-6-10(11)8-12(13)14(17)18/h4-9,16H,1-3H3,(H,17,18). The Morgan fingerprint density at radius 1 is 1.20 bits per heavy atom. The zero-order valence-corrected chi connectivity index (χ0v) is 12.5.